The zero-order chi connectivity index (χ0) is 13.5. The second kappa shape index (κ2) is 6.93. The zero-order valence-electron chi connectivity index (χ0n) is 10.3. The number of aromatic hydroxyl groups is 1. The van der Waals surface area contributed by atoms with Gasteiger partial charge in [-0.2, -0.15) is 0 Å². The predicted molar refractivity (Wildman–Crippen MR) is 64.5 cm³/mol. The molecule has 0 fully saturated rings. The third kappa shape index (κ3) is 3.68. The Morgan fingerprint density at radius 3 is 2.67 bits per heavy atom. The van der Waals surface area contributed by atoms with E-state index in [0.29, 0.717) is 6.54 Å². The monoisotopic (exact) mass is 257 g/mol. The lowest BCUT2D eigenvalue weighted by Crippen LogP contribution is -2.26. The van der Waals surface area contributed by atoms with Crippen molar-refractivity contribution in [3.8, 4) is 5.75 Å². The van der Waals surface area contributed by atoms with E-state index in [0.717, 1.165) is 37.8 Å². The zero-order valence-corrected chi connectivity index (χ0v) is 10.3. The molecule has 3 nitrogen and oxygen atoms in total. The van der Waals surface area contributed by atoms with Gasteiger partial charge in [-0.25, -0.2) is 8.78 Å². The number of halogens is 2. The van der Waals surface area contributed by atoms with Crippen molar-refractivity contribution in [2.24, 2.45) is 0 Å². The molecule has 18 heavy (non-hydrogen) atoms. The molecular formula is C13H17F2NO2. The van der Waals surface area contributed by atoms with Gasteiger partial charge in [0.2, 0.25) is 0 Å². The maximum Gasteiger partial charge on any atom is 0.257 e. The van der Waals surface area contributed by atoms with E-state index in [4.69, 9.17) is 5.11 Å². The highest BCUT2D eigenvalue weighted by atomic mass is 19.1. The van der Waals surface area contributed by atoms with Crippen molar-refractivity contribution in [3.05, 3.63) is 29.3 Å². The Morgan fingerprint density at radius 2 is 2.00 bits per heavy atom. The lowest BCUT2D eigenvalue weighted by molar-refractivity contribution is 0.0943. The van der Waals surface area contributed by atoms with Gasteiger partial charge in [0.05, 0.1) is 0 Å². The first-order valence-electron chi connectivity index (χ1n) is 6.03. The summed E-state index contributed by atoms with van der Waals surface area (Å²) in [5, 5.41) is 11.5. The van der Waals surface area contributed by atoms with Crippen molar-refractivity contribution < 1.29 is 18.7 Å². The van der Waals surface area contributed by atoms with Gasteiger partial charge in [-0.15, -0.1) is 0 Å². The molecule has 0 atom stereocenters. The van der Waals surface area contributed by atoms with E-state index in [2.05, 4.69) is 12.2 Å². The number of carbonyl (C=O) groups is 1. The quantitative estimate of drug-likeness (QED) is 0.770. The first-order valence-corrected chi connectivity index (χ1v) is 6.03. The number of benzene rings is 1. The summed E-state index contributed by atoms with van der Waals surface area (Å²) in [4.78, 5) is 11.6. The van der Waals surface area contributed by atoms with E-state index in [1.807, 2.05) is 0 Å². The van der Waals surface area contributed by atoms with Crippen LogP contribution in [0.5, 0.6) is 5.75 Å². The number of phenols is 1. The number of rotatable bonds is 6. The molecule has 0 saturated carbocycles. The van der Waals surface area contributed by atoms with Gasteiger partial charge in [0.1, 0.15) is 11.4 Å². The molecule has 0 aliphatic rings. The highest BCUT2D eigenvalue weighted by Gasteiger charge is 2.19. The van der Waals surface area contributed by atoms with Gasteiger partial charge in [0.15, 0.2) is 11.6 Å². The SMILES string of the molecule is CCCCCCNC(=O)c1c(F)ccc(O)c1F. The topological polar surface area (TPSA) is 49.3 Å². The van der Waals surface area contributed by atoms with Crippen molar-refractivity contribution in [1.29, 1.82) is 0 Å². The number of amides is 1. The molecule has 100 valence electrons. The standard InChI is InChI=1S/C13H17F2NO2/c1-2-3-4-5-8-16-13(18)11-9(14)6-7-10(17)12(11)15/h6-7,17H,2-5,8H2,1H3,(H,16,18). The smallest absolute Gasteiger partial charge is 0.257 e. The Kier molecular flexibility index (Phi) is 5.55. The first kappa shape index (κ1) is 14.4. The number of carbonyl (C=O) groups excluding carboxylic acids is 1. The Hall–Kier alpha value is -1.65. The fourth-order valence-corrected chi connectivity index (χ4v) is 1.59. The van der Waals surface area contributed by atoms with Crippen LogP contribution in [0.4, 0.5) is 8.78 Å². The summed E-state index contributed by atoms with van der Waals surface area (Å²) >= 11 is 0. The van der Waals surface area contributed by atoms with Crippen molar-refractivity contribution in [1.82, 2.24) is 5.32 Å². The van der Waals surface area contributed by atoms with Gasteiger partial charge in [0, 0.05) is 6.54 Å². The second-order valence-electron chi connectivity index (χ2n) is 4.07. The van der Waals surface area contributed by atoms with Crippen LogP contribution in [0.3, 0.4) is 0 Å². The molecule has 1 amide bonds. The van der Waals surface area contributed by atoms with Crippen LogP contribution in [0.2, 0.25) is 0 Å². The van der Waals surface area contributed by atoms with E-state index in [9.17, 15) is 13.6 Å². The van der Waals surface area contributed by atoms with Gasteiger partial charge < -0.3 is 10.4 Å². The molecule has 0 aliphatic heterocycles. The number of phenolic OH excluding ortho intramolecular Hbond substituents is 1. The van der Waals surface area contributed by atoms with E-state index in [1.54, 1.807) is 0 Å². The van der Waals surface area contributed by atoms with Gasteiger partial charge in [-0.3, -0.25) is 4.79 Å². The number of hydrogen-bond donors (Lipinski definition) is 2. The van der Waals surface area contributed by atoms with Crippen LogP contribution in [0.1, 0.15) is 43.0 Å². The summed E-state index contributed by atoms with van der Waals surface area (Å²) in [6, 6.07) is 1.74. The molecule has 1 rings (SSSR count). The fourth-order valence-electron chi connectivity index (χ4n) is 1.59. The van der Waals surface area contributed by atoms with Crippen molar-refractivity contribution in [2.45, 2.75) is 32.6 Å². The molecule has 1 aromatic carbocycles. The van der Waals surface area contributed by atoms with Crippen molar-refractivity contribution in [3.63, 3.8) is 0 Å². The number of hydrogen-bond acceptors (Lipinski definition) is 2. The van der Waals surface area contributed by atoms with Crippen LogP contribution < -0.4 is 5.32 Å². The summed E-state index contributed by atoms with van der Waals surface area (Å²) in [5.41, 5.74) is -0.731. The van der Waals surface area contributed by atoms with E-state index < -0.39 is 28.9 Å². The summed E-state index contributed by atoms with van der Waals surface area (Å²) in [6.45, 7) is 2.43. The molecule has 0 saturated heterocycles. The van der Waals surface area contributed by atoms with Crippen LogP contribution in [0, 0.1) is 11.6 Å². The predicted octanol–water partition coefficient (Wildman–Crippen LogP) is 2.98. The maximum atomic E-state index is 13.4. The highest BCUT2D eigenvalue weighted by Crippen LogP contribution is 2.21. The summed E-state index contributed by atoms with van der Waals surface area (Å²) in [5.74, 6) is -3.76. The van der Waals surface area contributed by atoms with E-state index >= 15 is 0 Å². The second-order valence-corrected chi connectivity index (χ2v) is 4.07. The first-order chi connectivity index (χ1) is 8.57. The van der Waals surface area contributed by atoms with Crippen molar-refractivity contribution in [2.75, 3.05) is 6.54 Å². The lowest BCUT2D eigenvalue weighted by atomic mass is 10.1. The van der Waals surface area contributed by atoms with Gasteiger partial charge in [0.25, 0.3) is 5.91 Å². The third-order valence-corrected chi connectivity index (χ3v) is 2.61. The summed E-state index contributed by atoms with van der Waals surface area (Å²) in [6.07, 6.45) is 3.86. The molecule has 0 aliphatic carbocycles. The molecule has 0 spiro atoms. The van der Waals surface area contributed by atoms with Crippen LogP contribution in [0.15, 0.2) is 12.1 Å². The Balaban J connectivity index is 2.59. The van der Waals surface area contributed by atoms with E-state index in [1.165, 1.54) is 0 Å². The highest BCUT2D eigenvalue weighted by molar-refractivity contribution is 5.95. The molecule has 1 aromatic rings. The molecule has 0 unspecified atom stereocenters. The number of nitrogens with one attached hydrogen (secondary N) is 1. The van der Waals surface area contributed by atoms with Gasteiger partial charge in [-0.05, 0) is 18.6 Å². The minimum Gasteiger partial charge on any atom is -0.505 e. The Morgan fingerprint density at radius 1 is 1.28 bits per heavy atom. The van der Waals surface area contributed by atoms with Crippen molar-refractivity contribution >= 4 is 5.91 Å². The fraction of sp³-hybridized carbons (Fsp3) is 0.462. The van der Waals surface area contributed by atoms with Gasteiger partial charge >= 0.3 is 0 Å². The molecule has 0 bridgehead atoms. The average Bonchev–Trinajstić information content (AvgIpc) is 2.34. The van der Waals surface area contributed by atoms with Crippen LogP contribution in [-0.2, 0) is 0 Å². The lowest BCUT2D eigenvalue weighted by Gasteiger charge is -2.07. The Bertz CT molecular complexity index is 422. The van der Waals surface area contributed by atoms with Crippen LogP contribution in [0.25, 0.3) is 0 Å². The number of unbranched alkanes of at least 4 members (excludes halogenated alkanes) is 3. The maximum absolute atomic E-state index is 13.4. The summed E-state index contributed by atoms with van der Waals surface area (Å²) < 4.78 is 26.7. The van der Waals surface area contributed by atoms with E-state index in [-0.39, 0.29) is 0 Å². The molecular weight excluding hydrogens is 240 g/mol. The van der Waals surface area contributed by atoms with Crippen LogP contribution in [-0.4, -0.2) is 17.6 Å². The molecule has 5 heteroatoms. The minimum atomic E-state index is -1.22. The summed E-state index contributed by atoms with van der Waals surface area (Å²) in [7, 11) is 0. The molecule has 0 aromatic heterocycles. The largest absolute Gasteiger partial charge is 0.505 e. The molecule has 2 N–H and O–H groups in total. The minimum absolute atomic E-state index is 0.368. The third-order valence-electron chi connectivity index (χ3n) is 2.61. The normalized spacial score (nSPS) is 10.4. The molecule has 0 radical (unpaired) electrons. The van der Waals surface area contributed by atoms with Crippen LogP contribution >= 0.6 is 0 Å². The van der Waals surface area contributed by atoms with Gasteiger partial charge in [-0.1, -0.05) is 26.2 Å². The average molecular weight is 257 g/mol. The Labute approximate surface area is 105 Å². The molecule has 0 heterocycles.